The summed E-state index contributed by atoms with van der Waals surface area (Å²) in [5.41, 5.74) is 1.27. The third-order valence-corrected chi connectivity index (χ3v) is 4.27. The Morgan fingerprint density at radius 3 is 2.00 bits per heavy atom. The minimum Gasteiger partial charge on any atom is -0.480 e. The number of hydrogen-bond acceptors (Lipinski definition) is 3. The number of carboxylic acid groups (broad SMARTS) is 1. The van der Waals surface area contributed by atoms with Crippen molar-refractivity contribution in [3.63, 3.8) is 0 Å². The van der Waals surface area contributed by atoms with E-state index in [1.54, 1.807) is 24.3 Å². The number of hydrogen-bond donors (Lipinski definition) is 3. The summed E-state index contributed by atoms with van der Waals surface area (Å²) in [6.45, 7) is 3.80. The predicted molar refractivity (Wildman–Crippen MR) is 107 cm³/mol. The van der Waals surface area contributed by atoms with Crippen LogP contribution in [0.3, 0.4) is 0 Å². The van der Waals surface area contributed by atoms with E-state index in [4.69, 9.17) is 0 Å². The lowest BCUT2D eigenvalue weighted by Crippen LogP contribution is -2.43. The standard InChI is InChI=1S/C22H26N2O4/c1-15(2)13-19(22(27)28)23-20(25)14-18(16-9-5-3-6-10-16)24-21(26)17-11-7-4-8-12-17/h3-12,15,18-19H,13-14H2,1-2H3,(H,23,25)(H,24,26)(H,27,28)/t18?,19-/m1/s1. The maximum absolute atomic E-state index is 12.5. The van der Waals surface area contributed by atoms with Gasteiger partial charge in [-0.25, -0.2) is 4.79 Å². The number of rotatable bonds is 9. The first kappa shape index (κ1) is 21.2. The predicted octanol–water partition coefficient (Wildman–Crippen LogP) is 3.16. The Morgan fingerprint density at radius 2 is 1.46 bits per heavy atom. The highest BCUT2D eigenvalue weighted by Crippen LogP contribution is 2.18. The maximum atomic E-state index is 12.5. The van der Waals surface area contributed by atoms with Crippen LogP contribution in [0.15, 0.2) is 60.7 Å². The van der Waals surface area contributed by atoms with E-state index in [9.17, 15) is 19.5 Å². The molecule has 0 aliphatic carbocycles. The van der Waals surface area contributed by atoms with Crippen molar-refractivity contribution in [2.24, 2.45) is 5.92 Å². The highest BCUT2D eigenvalue weighted by Gasteiger charge is 2.24. The molecule has 0 aliphatic heterocycles. The Kier molecular flexibility index (Phi) is 7.75. The summed E-state index contributed by atoms with van der Waals surface area (Å²) in [6, 6.07) is 16.4. The van der Waals surface area contributed by atoms with Crippen molar-refractivity contribution >= 4 is 17.8 Å². The summed E-state index contributed by atoms with van der Waals surface area (Å²) in [7, 11) is 0. The fourth-order valence-electron chi connectivity index (χ4n) is 2.90. The minimum absolute atomic E-state index is 0.0511. The molecule has 3 N–H and O–H groups in total. The number of carbonyl (C=O) groups is 3. The molecular weight excluding hydrogens is 356 g/mol. The van der Waals surface area contributed by atoms with Crippen molar-refractivity contribution in [2.45, 2.75) is 38.8 Å². The van der Waals surface area contributed by atoms with Crippen LogP contribution in [0.5, 0.6) is 0 Å². The van der Waals surface area contributed by atoms with Crippen molar-refractivity contribution in [3.8, 4) is 0 Å². The molecule has 28 heavy (non-hydrogen) atoms. The van der Waals surface area contributed by atoms with Gasteiger partial charge in [0.15, 0.2) is 0 Å². The second-order valence-corrected chi connectivity index (χ2v) is 7.09. The quantitative estimate of drug-likeness (QED) is 0.621. The molecule has 0 aliphatic rings. The number of carboxylic acids is 1. The van der Waals surface area contributed by atoms with Gasteiger partial charge in [0.1, 0.15) is 6.04 Å². The monoisotopic (exact) mass is 382 g/mol. The molecule has 2 rings (SSSR count). The van der Waals surface area contributed by atoms with Crippen molar-refractivity contribution < 1.29 is 19.5 Å². The number of amides is 2. The van der Waals surface area contributed by atoms with Gasteiger partial charge in [-0.05, 0) is 30.0 Å². The molecule has 6 nitrogen and oxygen atoms in total. The first-order chi connectivity index (χ1) is 13.4. The summed E-state index contributed by atoms with van der Waals surface area (Å²) in [6.07, 6.45) is 0.290. The largest absolute Gasteiger partial charge is 0.480 e. The third kappa shape index (κ3) is 6.54. The van der Waals surface area contributed by atoms with Crippen molar-refractivity contribution in [1.82, 2.24) is 10.6 Å². The van der Waals surface area contributed by atoms with E-state index in [-0.39, 0.29) is 18.2 Å². The number of benzene rings is 2. The molecule has 0 radical (unpaired) electrons. The van der Waals surface area contributed by atoms with Crippen LogP contribution in [0.25, 0.3) is 0 Å². The van der Waals surface area contributed by atoms with E-state index >= 15 is 0 Å². The van der Waals surface area contributed by atoms with Gasteiger partial charge in [-0.3, -0.25) is 9.59 Å². The first-order valence-electron chi connectivity index (χ1n) is 9.30. The number of aliphatic carboxylic acids is 1. The normalized spacial score (nSPS) is 12.8. The zero-order valence-electron chi connectivity index (χ0n) is 16.1. The van der Waals surface area contributed by atoms with Crippen LogP contribution >= 0.6 is 0 Å². The molecule has 0 bridgehead atoms. The Bertz CT molecular complexity index is 791. The molecule has 0 heterocycles. The first-order valence-corrected chi connectivity index (χ1v) is 9.30. The molecule has 2 aromatic rings. The van der Waals surface area contributed by atoms with Crippen LogP contribution < -0.4 is 10.6 Å². The Labute approximate surface area is 165 Å². The lowest BCUT2D eigenvalue weighted by molar-refractivity contribution is -0.142. The highest BCUT2D eigenvalue weighted by atomic mass is 16.4. The second-order valence-electron chi connectivity index (χ2n) is 7.09. The van der Waals surface area contributed by atoms with E-state index < -0.39 is 24.0 Å². The molecule has 1 unspecified atom stereocenters. The summed E-state index contributed by atoms with van der Waals surface area (Å²) < 4.78 is 0. The molecule has 148 valence electrons. The Balaban J connectivity index is 2.12. The minimum atomic E-state index is -1.06. The molecule has 0 saturated carbocycles. The van der Waals surface area contributed by atoms with Gasteiger partial charge in [0.2, 0.25) is 5.91 Å². The molecule has 2 atom stereocenters. The van der Waals surface area contributed by atoms with Crippen LogP contribution in [0, 0.1) is 5.92 Å². The van der Waals surface area contributed by atoms with Crippen LogP contribution in [-0.4, -0.2) is 28.9 Å². The van der Waals surface area contributed by atoms with Gasteiger partial charge in [0.25, 0.3) is 5.91 Å². The van der Waals surface area contributed by atoms with Crippen LogP contribution in [-0.2, 0) is 9.59 Å². The topological polar surface area (TPSA) is 95.5 Å². The summed E-state index contributed by atoms with van der Waals surface area (Å²) in [5, 5.41) is 14.8. The van der Waals surface area contributed by atoms with Gasteiger partial charge in [-0.1, -0.05) is 62.4 Å². The second kappa shape index (κ2) is 10.3. The zero-order chi connectivity index (χ0) is 20.5. The van der Waals surface area contributed by atoms with Gasteiger partial charge in [-0.15, -0.1) is 0 Å². The van der Waals surface area contributed by atoms with Crippen molar-refractivity contribution in [2.75, 3.05) is 0 Å². The lowest BCUT2D eigenvalue weighted by Gasteiger charge is -2.21. The van der Waals surface area contributed by atoms with Crippen LogP contribution in [0.4, 0.5) is 0 Å². The number of carbonyl (C=O) groups excluding carboxylic acids is 2. The number of nitrogens with one attached hydrogen (secondary N) is 2. The van der Waals surface area contributed by atoms with E-state index in [2.05, 4.69) is 10.6 Å². The average Bonchev–Trinajstić information content (AvgIpc) is 2.67. The molecule has 0 aromatic heterocycles. The van der Waals surface area contributed by atoms with Gasteiger partial charge in [0.05, 0.1) is 12.5 Å². The summed E-state index contributed by atoms with van der Waals surface area (Å²) in [5.74, 6) is -1.65. The molecule has 0 saturated heterocycles. The third-order valence-electron chi connectivity index (χ3n) is 4.27. The van der Waals surface area contributed by atoms with E-state index in [1.165, 1.54) is 0 Å². The molecule has 6 heteroatoms. The highest BCUT2D eigenvalue weighted by molar-refractivity contribution is 5.94. The van der Waals surface area contributed by atoms with Crippen LogP contribution in [0.2, 0.25) is 0 Å². The summed E-state index contributed by atoms with van der Waals surface area (Å²) >= 11 is 0. The van der Waals surface area contributed by atoms with E-state index in [0.29, 0.717) is 12.0 Å². The smallest absolute Gasteiger partial charge is 0.326 e. The molecule has 0 fully saturated rings. The van der Waals surface area contributed by atoms with Crippen molar-refractivity contribution in [3.05, 3.63) is 71.8 Å². The SMILES string of the molecule is CC(C)C[C@@H](NC(=O)CC(NC(=O)c1ccccc1)c1ccccc1)C(=O)O. The lowest BCUT2D eigenvalue weighted by atomic mass is 10.0. The summed E-state index contributed by atoms with van der Waals surface area (Å²) in [4.78, 5) is 36.5. The van der Waals surface area contributed by atoms with Crippen LogP contribution in [0.1, 0.15) is 48.7 Å². The fraction of sp³-hybridized carbons (Fsp3) is 0.318. The molecule has 0 spiro atoms. The maximum Gasteiger partial charge on any atom is 0.326 e. The molecule has 2 amide bonds. The van der Waals surface area contributed by atoms with Crippen molar-refractivity contribution in [1.29, 1.82) is 0 Å². The van der Waals surface area contributed by atoms with Gasteiger partial charge in [0, 0.05) is 5.56 Å². The molecule has 2 aromatic carbocycles. The van der Waals surface area contributed by atoms with Gasteiger partial charge in [-0.2, -0.15) is 0 Å². The zero-order valence-corrected chi connectivity index (χ0v) is 16.1. The fourth-order valence-corrected chi connectivity index (χ4v) is 2.90. The Hall–Kier alpha value is -3.15. The molecular formula is C22H26N2O4. The Morgan fingerprint density at radius 1 is 0.893 bits per heavy atom. The van der Waals surface area contributed by atoms with Gasteiger partial charge < -0.3 is 15.7 Å². The van der Waals surface area contributed by atoms with E-state index in [1.807, 2.05) is 50.2 Å². The average molecular weight is 382 g/mol. The van der Waals surface area contributed by atoms with E-state index in [0.717, 1.165) is 5.56 Å². The van der Waals surface area contributed by atoms with Gasteiger partial charge >= 0.3 is 5.97 Å².